The Morgan fingerprint density at radius 3 is 1.37 bits per heavy atom. The highest BCUT2D eigenvalue weighted by Crippen LogP contribution is 2.46. The first-order chi connectivity index (χ1) is 23.1. The summed E-state index contributed by atoms with van der Waals surface area (Å²) in [6, 6.07) is 4.73. The summed E-state index contributed by atoms with van der Waals surface area (Å²) in [4.78, 5) is 23.0. The van der Waals surface area contributed by atoms with Gasteiger partial charge in [-0.15, -0.1) is 0 Å². The van der Waals surface area contributed by atoms with E-state index < -0.39 is 0 Å². The summed E-state index contributed by atoms with van der Waals surface area (Å²) in [5.74, 6) is 2.40. The summed E-state index contributed by atoms with van der Waals surface area (Å²) >= 11 is 0. The van der Waals surface area contributed by atoms with Crippen molar-refractivity contribution >= 4 is 11.8 Å². The highest BCUT2D eigenvalue weighted by atomic mass is 16.5. The number of carbonyl (C=O) groups excluding carboxylic acids is 2. The predicted molar refractivity (Wildman–Crippen MR) is 209 cm³/mol. The van der Waals surface area contributed by atoms with Gasteiger partial charge in [0.1, 0.15) is 11.5 Å². The quantitative estimate of drug-likeness (QED) is 0.0804. The third kappa shape index (κ3) is 16.1. The number of hydrogen-bond donors (Lipinski definition) is 3. The van der Waals surface area contributed by atoms with Crippen LogP contribution in [0.4, 0.5) is 0 Å². The number of nitrogens with one attached hydrogen (secondary N) is 2. The lowest BCUT2D eigenvalue weighted by atomic mass is 9.71. The molecule has 1 aromatic rings. The Bertz CT molecular complexity index is 1090. The average Bonchev–Trinajstić information content (AvgIpc) is 3.04. The van der Waals surface area contributed by atoms with E-state index in [9.17, 15) is 14.7 Å². The first-order valence-corrected chi connectivity index (χ1v) is 20.1. The normalized spacial score (nSPS) is 15.4. The molecule has 1 rings (SSSR count). The fourth-order valence-corrected chi connectivity index (χ4v) is 7.54. The Morgan fingerprint density at radius 1 is 0.653 bits per heavy atom. The molecule has 1 aromatic carbocycles. The topological polar surface area (TPSA) is 87.7 Å². The van der Waals surface area contributed by atoms with Gasteiger partial charge >= 0.3 is 0 Å². The van der Waals surface area contributed by atoms with Crippen molar-refractivity contribution in [3.05, 3.63) is 23.3 Å². The molecule has 0 heterocycles. The SMILES string of the molecule is CCC(C)(CCCCCCCCC(NC(C)=O)C(C)C)c1cc(OC)c(C(C)(CC)CCCCCCCCC(NC(C)=O)C(C)C)cc1O. The highest BCUT2D eigenvalue weighted by Gasteiger charge is 2.33. The maximum absolute atomic E-state index is 11.5. The average molecular weight is 687 g/mol. The van der Waals surface area contributed by atoms with Gasteiger partial charge < -0.3 is 20.5 Å². The van der Waals surface area contributed by atoms with Crippen LogP contribution in [-0.2, 0) is 20.4 Å². The molecule has 4 unspecified atom stereocenters. The second-order valence-corrected chi connectivity index (χ2v) is 16.3. The Labute approximate surface area is 302 Å². The van der Waals surface area contributed by atoms with Gasteiger partial charge in [-0.05, 0) is 73.3 Å². The molecule has 0 bridgehead atoms. The number of aromatic hydroxyl groups is 1. The minimum Gasteiger partial charge on any atom is -0.508 e. The van der Waals surface area contributed by atoms with E-state index in [0.29, 0.717) is 17.6 Å². The van der Waals surface area contributed by atoms with Crippen molar-refractivity contribution in [1.82, 2.24) is 10.6 Å². The van der Waals surface area contributed by atoms with Gasteiger partial charge in [-0.2, -0.15) is 0 Å². The smallest absolute Gasteiger partial charge is 0.217 e. The number of phenols is 1. The van der Waals surface area contributed by atoms with Crippen LogP contribution in [0.2, 0.25) is 0 Å². The van der Waals surface area contributed by atoms with Gasteiger partial charge in [0.25, 0.3) is 0 Å². The summed E-state index contributed by atoms with van der Waals surface area (Å²) < 4.78 is 6.03. The van der Waals surface area contributed by atoms with Gasteiger partial charge in [-0.25, -0.2) is 0 Å². The van der Waals surface area contributed by atoms with Gasteiger partial charge in [0.2, 0.25) is 11.8 Å². The standard InChI is InChI=1S/C43H78N2O4/c1-12-42(9,28-24-20-16-14-18-22-26-38(32(3)4)44-34(7)46)36-31-41(49-11)37(30-40(36)48)43(10,13-2)29-25-21-17-15-19-23-27-39(33(5)6)45-35(8)47/h30-33,38-39,48H,12-29H2,1-11H3,(H,44,46)(H,45,47). The van der Waals surface area contributed by atoms with Crippen LogP contribution in [0, 0.1) is 11.8 Å². The van der Waals surface area contributed by atoms with Crippen LogP contribution >= 0.6 is 0 Å². The van der Waals surface area contributed by atoms with Crippen LogP contribution in [0.5, 0.6) is 11.5 Å². The number of phenolic OH excluding ortho intramolecular Hbond substituents is 1. The minimum atomic E-state index is -0.0985. The molecule has 0 saturated carbocycles. The zero-order valence-corrected chi connectivity index (χ0v) is 33.9. The molecular weight excluding hydrogens is 608 g/mol. The van der Waals surface area contributed by atoms with Crippen LogP contribution in [0.15, 0.2) is 12.1 Å². The molecule has 0 spiro atoms. The largest absolute Gasteiger partial charge is 0.508 e. The van der Waals surface area contributed by atoms with E-state index in [0.717, 1.165) is 81.1 Å². The van der Waals surface area contributed by atoms with Crippen LogP contribution in [-0.4, -0.2) is 36.1 Å². The number of benzene rings is 1. The Morgan fingerprint density at radius 2 is 1.02 bits per heavy atom. The van der Waals surface area contributed by atoms with E-state index in [2.05, 4.69) is 72.1 Å². The Balaban J connectivity index is 2.67. The molecule has 4 atom stereocenters. The van der Waals surface area contributed by atoms with E-state index in [1.54, 1.807) is 21.0 Å². The van der Waals surface area contributed by atoms with Crippen molar-refractivity contribution in [3.8, 4) is 11.5 Å². The fourth-order valence-electron chi connectivity index (χ4n) is 7.54. The molecule has 0 fully saturated rings. The molecule has 6 heteroatoms. The molecule has 3 N–H and O–H groups in total. The first kappa shape index (κ1) is 44.8. The Kier molecular flexibility index (Phi) is 21.3. The van der Waals surface area contributed by atoms with Gasteiger partial charge in [0, 0.05) is 37.1 Å². The van der Waals surface area contributed by atoms with Crippen LogP contribution < -0.4 is 15.4 Å². The van der Waals surface area contributed by atoms with Crippen LogP contribution in [0.3, 0.4) is 0 Å². The lowest BCUT2D eigenvalue weighted by Crippen LogP contribution is -2.37. The number of rotatable bonds is 27. The summed E-state index contributed by atoms with van der Waals surface area (Å²) in [6.07, 6.45) is 20.6. The van der Waals surface area contributed by atoms with E-state index in [4.69, 9.17) is 4.74 Å². The lowest BCUT2D eigenvalue weighted by Gasteiger charge is -2.34. The second-order valence-electron chi connectivity index (χ2n) is 16.3. The molecule has 0 aliphatic heterocycles. The van der Waals surface area contributed by atoms with E-state index in [1.807, 2.05) is 6.07 Å². The molecule has 0 aliphatic rings. The maximum Gasteiger partial charge on any atom is 0.217 e. The van der Waals surface area contributed by atoms with Crippen molar-refractivity contribution in [1.29, 1.82) is 0 Å². The molecular formula is C43H78N2O4. The van der Waals surface area contributed by atoms with Crippen LogP contribution in [0.25, 0.3) is 0 Å². The summed E-state index contributed by atoms with van der Waals surface area (Å²) in [5, 5.41) is 17.7. The van der Waals surface area contributed by atoms with Crippen molar-refractivity contribution < 1.29 is 19.4 Å². The number of carbonyl (C=O) groups is 2. The fraction of sp³-hybridized carbons (Fsp3) is 0.814. The number of ether oxygens (including phenoxy) is 1. The van der Waals surface area contributed by atoms with Crippen molar-refractivity contribution in [2.75, 3.05) is 7.11 Å². The molecule has 284 valence electrons. The molecule has 0 aromatic heterocycles. The third-order valence-corrected chi connectivity index (χ3v) is 11.6. The molecule has 2 amide bonds. The van der Waals surface area contributed by atoms with Gasteiger partial charge in [0.05, 0.1) is 7.11 Å². The number of amides is 2. The summed E-state index contributed by atoms with van der Waals surface area (Å²) in [5.41, 5.74) is 2.00. The number of hydrogen-bond acceptors (Lipinski definition) is 4. The zero-order chi connectivity index (χ0) is 37.0. The van der Waals surface area contributed by atoms with E-state index in [-0.39, 0.29) is 34.7 Å². The monoisotopic (exact) mass is 687 g/mol. The summed E-state index contributed by atoms with van der Waals surface area (Å²) in [6.45, 7) is 21.1. The van der Waals surface area contributed by atoms with Gasteiger partial charge in [-0.3, -0.25) is 9.59 Å². The van der Waals surface area contributed by atoms with Gasteiger partial charge in [-0.1, -0.05) is 132 Å². The predicted octanol–water partition coefficient (Wildman–Crippen LogP) is 11.3. The van der Waals surface area contributed by atoms with Crippen molar-refractivity contribution in [2.45, 2.75) is 208 Å². The Hall–Kier alpha value is -2.24. The third-order valence-electron chi connectivity index (χ3n) is 11.6. The molecule has 0 saturated heterocycles. The molecule has 49 heavy (non-hydrogen) atoms. The molecule has 0 aliphatic carbocycles. The lowest BCUT2D eigenvalue weighted by molar-refractivity contribution is -0.120. The maximum atomic E-state index is 11.5. The van der Waals surface area contributed by atoms with Gasteiger partial charge in [0.15, 0.2) is 0 Å². The number of methoxy groups -OCH3 is 1. The first-order valence-electron chi connectivity index (χ1n) is 20.1. The van der Waals surface area contributed by atoms with E-state index in [1.165, 1.54) is 51.4 Å². The van der Waals surface area contributed by atoms with E-state index >= 15 is 0 Å². The van der Waals surface area contributed by atoms with Crippen LogP contribution in [0.1, 0.15) is 196 Å². The number of unbranched alkanes of at least 4 members (excludes halogenated alkanes) is 10. The minimum absolute atomic E-state index is 0.0515. The van der Waals surface area contributed by atoms with Crippen molar-refractivity contribution in [2.24, 2.45) is 11.8 Å². The second kappa shape index (κ2) is 23.3. The molecule has 0 radical (unpaired) electrons. The molecule has 6 nitrogen and oxygen atoms in total. The van der Waals surface area contributed by atoms with Crippen molar-refractivity contribution in [3.63, 3.8) is 0 Å². The highest BCUT2D eigenvalue weighted by molar-refractivity contribution is 5.73. The zero-order valence-electron chi connectivity index (χ0n) is 33.9. The summed E-state index contributed by atoms with van der Waals surface area (Å²) in [7, 11) is 1.77.